The normalized spacial score (nSPS) is 17.5. The topological polar surface area (TPSA) is 50.4 Å². The summed E-state index contributed by atoms with van der Waals surface area (Å²) < 4.78 is 31.9. The molecule has 0 unspecified atom stereocenters. The van der Waals surface area contributed by atoms with Gasteiger partial charge >= 0.3 is 0 Å². The van der Waals surface area contributed by atoms with Crippen molar-refractivity contribution in [2.75, 3.05) is 32.1 Å². The molecule has 2 rings (SSSR count). The number of carbonyl (C=O) groups excluding carboxylic acids is 1. The number of methoxy groups -OCH3 is 1. The van der Waals surface area contributed by atoms with E-state index in [0.717, 1.165) is 6.07 Å². The highest BCUT2D eigenvalue weighted by atomic mass is 35.5. The highest BCUT2D eigenvalue weighted by molar-refractivity contribution is 6.33. The number of hydrogen-bond donors (Lipinski definition) is 2. The van der Waals surface area contributed by atoms with Crippen molar-refractivity contribution in [3.63, 3.8) is 0 Å². The Morgan fingerprint density at radius 3 is 2.67 bits per heavy atom. The van der Waals surface area contributed by atoms with Crippen molar-refractivity contribution >= 4 is 23.2 Å². The van der Waals surface area contributed by atoms with Gasteiger partial charge in [0.05, 0.1) is 22.7 Å². The molecule has 4 nitrogen and oxygen atoms in total. The van der Waals surface area contributed by atoms with Gasteiger partial charge in [0.1, 0.15) is 5.82 Å². The largest absolute Gasteiger partial charge is 0.384 e. The predicted octanol–water partition coefficient (Wildman–Crippen LogP) is 2.57. The highest BCUT2D eigenvalue weighted by Crippen LogP contribution is 2.33. The van der Waals surface area contributed by atoms with Crippen LogP contribution in [0.25, 0.3) is 0 Å². The lowest BCUT2D eigenvalue weighted by Crippen LogP contribution is -2.47. The van der Waals surface area contributed by atoms with E-state index < -0.39 is 17.0 Å². The van der Waals surface area contributed by atoms with Gasteiger partial charge in [0.2, 0.25) is 5.91 Å². The summed E-state index contributed by atoms with van der Waals surface area (Å²) in [4.78, 5) is 12.5. The van der Waals surface area contributed by atoms with E-state index in [1.165, 1.54) is 7.11 Å². The molecule has 0 atom stereocenters. The second kappa shape index (κ2) is 6.68. The fourth-order valence-electron chi connectivity index (χ4n) is 2.53. The first-order valence-corrected chi connectivity index (χ1v) is 7.02. The first kappa shape index (κ1) is 16.1. The third kappa shape index (κ3) is 3.51. The Balaban J connectivity index is 2.23. The zero-order valence-corrected chi connectivity index (χ0v) is 12.4. The van der Waals surface area contributed by atoms with E-state index in [1.807, 2.05) is 0 Å². The zero-order chi connectivity index (χ0) is 15.5. The molecule has 0 aromatic heterocycles. The summed E-state index contributed by atoms with van der Waals surface area (Å²) in [5, 5.41) is 5.48. The van der Waals surface area contributed by atoms with Crippen LogP contribution in [-0.4, -0.2) is 32.7 Å². The number of benzene rings is 1. The minimum Gasteiger partial charge on any atom is -0.384 e. The molecule has 0 radical (unpaired) electrons. The standard InChI is InChI=1S/C14H17ClF2N2O2/c1-21-8-14(2-4-18-5-3-14)13(20)19-12-10(15)6-9(16)7-11(12)17/h6-7,18H,2-5,8H2,1H3,(H,19,20). The third-order valence-electron chi connectivity index (χ3n) is 3.71. The number of hydrogen-bond acceptors (Lipinski definition) is 3. The highest BCUT2D eigenvalue weighted by Gasteiger charge is 2.40. The number of rotatable bonds is 4. The van der Waals surface area contributed by atoms with Gasteiger partial charge in [-0.25, -0.2) is 8.78 Å². The summed E-state index contributed by atoms with van der Waals surface area (Å²) in [5.74, 6) is -2.04. The molecular formula is C14H17ClF2N2O2. The molecule has 0 bridgehead atoms. The molecule has 0 saturated carbocycles. The molecule has 21 heavy (non-hydrogen) atoms. The molecule has 1 fully saturated rings. The Kier molecular flexibility index (Phi) is 5.13. The van der Waals surface area contributed by atoms with E-state index in [9.17, 15) is 13.6 Å². The molecule has 1 aliphatic heterocycles. The van der Waals surface area contributed by atoms with Crippen molar-refractivity contribution in [3.8, 4) is 0 Å². The van der Waals surface area contributed by atoms with E-state index >= 15 is 0 Å². The van der Waals surface area contributed by atoms with Crippen LogP contribution < -0.4 is 10.6 Å². The van der Waals surface area contributed by atoms with Crippen LogP contribution in [-0.2, 0) is 9.53 Å². The fraction of sp³-hybridized carbons (Fsp3) is 0.500. The molecule has 1 aliphatic rings. The van der Waals surface area contributed by atoms with Gasteiger partial charge in [0.25, 0.3) is 0 Å². The van der Waals surface area contributed by atoms with Crippen molar-refractivity contribution in [2.24, 2.45) is 5.41 Å². The van der Waals surface area contributed by atoms with Crippen LogP contribution in [0.2, 0.25) is 5.02 Å². The number of anilines is 1. The molecular weight excluding hydrogens is 302 g/mol. The van der Waals surface area contributed by atoms with Gasteiger partial charge in [-0.3, -0.25) is 4.79 Å². The van der Waals surface area contributed by atoms with E-state index in [4.69, 9.17) is 16.3 Å². The maximum Gasteiger partial charge on any atom is 0.233 e. The van der Waals surface area contributed by atoms with E-state index in [0.29, 0.717) is 32.0 Å². The van der Waals surface area contributed by atoms with Gasteiger partial charge in [-0.2, -0.15) is 0 Å². The lowest BCUT2D eigenvalue weighted by molar-refractivity contribution is -0.130. The Labute approximate surface area is 126 Å². The van der Waals surface area contributed by atoms with Crippen LogP contribution in [0.4, 0.5) is 14.5 Å². The van der Waals surface area contributed by atoms with Crippen LogP contribution in [0, 0.1) is 17.0 Å². The van der Waals surface area contributed by atoms with Crippen molar-refractivity contribution in [3.05, 3.63) is 28.8 Å². The van der Waals surface area contributed by atoms with Gasteiger partial charge in [0.15, 0.2) is 5.82 Å². The first-order valence-electron chi connectivity index (χ1n) is 6.64. The van der Waals surface area contributed by atoms with Gasteiger partial charge in [0, 0.05) is 13.2 Å². The number of ether oxygens (including phenoxy) is 1. The summed E-state index contributed by atoms with van der Waals surface area (Å²) in [6, 6.07) is 1.65. The number of amides is 1. The second-order valence-corrected chi connectivity index (χ2v) is 5.57. The Bertz CT molecular complexity index is 505. The maximum atomic E-state index is 13.8. The minimum absolute atomic E-state index is 0.164. The molecule has 1 aromatic carbocycles. The van der Waals surface area contributed by atoms with E-state index in [1.54, 1.807) is 0 Å². The Morgan fingerprint density at radius 2 is 2.10 bits per heavy atom. The molecule has 2 N–H and O–H groups in total. The molecule has 1 saturated heterocycles. The quantitative estimate of drug-likeness (QED) is 0.897. The van der Waals surface area contributed by atoms with Crippen molar-refractivity contribution < 1.29 is 18.3 Å². The molecule has 1 aromatic rings. The second-order valence-electron chi connectivity index (χ2n) is 5.16. The molecule has 0 aliphatic carbocycles. The first-order chi connectivity index (χ1) is 9.98. The third-order valence-corrected chi connectivity index (χ3v) is 4.01. The molecule has 1 amide bonds. The lowest BCUT2D eigenvalue weighted by atomic mass is 9.78. The van der Waals surface area contributed by atoms with Gasteiger partial charge in [-0.15, -0.1) is 0 Å². The summed E-state index contributed by atoms with van der Waals surface area (Å²) in [5.41, 5.74) is -0.929. The molecule has 116 valence electrons. The lowest BCUT2D eigenvalue weighted by Gasteiger charge is -2.35. The van der Waals surface area contributed by atoms with Gasteiger partial charge in [-0.1, -0.05) is 11.6 Å². The predicted molar refractivity (Wildman–Crippen MR) is 76.4 cm³/mol. The maximum absolute atomic E-state index is 13.8. The van der Waals surface area contributed by atoms with Crippen LogP contribution in [0.3, 0.4) is 0 Å². The molecule has 0 spiro atoms. The summed E-state index contributed by atoms with van der Waals surface area (Å²) >= 11 is 5.80. The van der Waals surface area contributed by atoms with Crippen LogP contribution >= 0.6 is 11.6 Å². The molecule has 7 heteroatoms. The van der Waals surface area contributed by atoms with Crippen LogP contribution in [0.1, 0.15) is 12.8 Å². The Morgan fingerprint density at radius 1 is 1.43 bits per heavy atom. The average Bonchev–Trinajstić information content (AvgIpc) is 2.44. The number of halogens is 3. The van der Waals surface area contributed by atoms with Crippen molar-refractivity contribution in [1.82, 2.24) is 5.32 Å². The Hall–Kier alpha value is -1.24. The van der Waals surface area contributed by atoms with Gasteiger partial charge < -0.3 is 15.4 Å². The summed E-state index contributed by atoms with van der Waals surface area (Å²) in [6.07, 6.45) is 1.15. The fourth-order valence-corrected chi connectivity index (χ4v) is 2.77. The van der Waals surface area contributed by atoms with Crippen LogP contribution in [0.5, 0.6) is 0 Å². The number of piperidine rings is 1. The molecule has 1 heterocycles. The van der Waals surface area contributed by atoms with E-state index in [-0.39, 0.29) is 23.2 Å². The minimum atomic E-state index is -0.894. The van der Waals surface area contributed by atoms with Gasteiger partial charge in [-0.05, 0) is 32.0 Å². The number of nitrogens with one attached hydrogen (secondary N) is 2. The summed E-state index contributed by atoms with van der Waals surface area (Å²) in [7, 11) is 1.52. The number of carbonyl (C=O) groups is 1. The van der Waals surface area contributed by atoms with Crippen molar-refractivity contribution in [1.29, 1.82) is 0 Å². The monoisotopic (exact) mass is 318 g/mol. The van der Waals surface area contributed by atoms with Crippen molar-refractivity contribution in [2.45, 2.75) is 12.8 Å². The SMILES string of the molecule is COCC1(C(=O)Nc2c(F)cc(F)cc2Cl)CCNCC1. The van der Waals surface area contributed by atoms with E-state index in [2.05, 4.69) is 10.6 Å². The van der Waals surface area contributed by atoms with Crippen LogP contribution in [0.15, 0.2) is 12.1 Å². The zero-order valence-electron chi connectivity index (χ0n) is 11.6. The smallest absolute Gasteiger partial charge is 0.233 e. The summed E-state index contributed by atoms with van der Waals surface area (Å²) in [6.45, 7) is 1.59. The average molecular weight is 319 g/mol.